The molecule has 0 spiro atoms. The first-order chi connectivity index (χ1) is 10.5. The summed E-state index contributed by atoms with van der Waals surface area (Å²) in [5.41, 5.74) is 0.0644. The van der Waals surface area contributed by atoms with Crippen molar-refractivity contribution in [3.63, 3.8) is 0 Å². The molecule has 2 heterocycles. The highest BCUT2D eigenvalue weighted by atomic mass is 32.1. The molecule has 2 rings (SSSR count). The van der Waals surface area contributed by atoms with Crippen molar-refractivity contribution in [3.8, 4) is 0 Å². The van der Waals surface area contributed by atoms with Crippen molar-refractivity contribution in [2.75, 3.05) is 25.6 Å². The van der Waals surface area contributed by atoms with E-state index in [4.69, 9.17) is 4.74 Å². The minimum absolute atomic E-state index is 0.0686. The van der Waals surface area contributed by atoms with Gasteiger partial charge in [-0.25, -0.2) is 9.59 Å². The van der Waals surface area contributed by atoms with Crippen LogP contribution in [0.1, 0.15) is 24.6 Å². The van der Waals surface area contributed by atoms with Gasteiger partial charge in [-0.2, -0.15) is 0 Å². The molecule has 0 saturated carbocycles. The predicted molar refractivity (Wildman–Crippen MR) is 86.0 cm³/mol. The molecular formula is C15H18N2O4S. The summed E-state index contributed by atoms with van der Waals surface area (Å²) in [6, 6.07) is 3.81. The molecular weight excluding hydrogens is 304 g/mol. The predicted octanol–water partition coefficient (Wildman–Crippen LogP) is 2.45. The van der Waals surface area contributed by atoms with Gasteiger partial charge in [-0.15, -0.1) is 11.3 Å². The molecule has 7 heteroatoms. The van der Waals surface area contributed by atoms with Gasteiger partial charge < -0.3 is 14.5 Å². The van der Waals surface area contributed by atoms with E-state index in [1.165, 1.54) is 11.3 Å². The second-order valence-electron chi connectivity index (χ2n) is 4.94. The van der Waals surface area contributed by atoms with E-state index in [9.17, 15) is 9.59 Å². The Balaban J connectivity index is 2.15. The third kappa shape index (κ3) is 3.73. The van der Waals surface area contributed by atoms with Gasteiger partial charge in [0.1, 0.15) is 5.57 Å². The molecule has 0 aromatic carbocycles. The lowest BCUT2D eigenvalue weighted by molar-refractivity contribution is -0.137. The van der Waals surface area contributed by atoms with Gasteiger partial charge in [0.15, 0.2) is 0 Å². The molecule has 0 atom stereocenters. The lowest BCUT2D eigenvalue weighted by Crippen LogP contribution is -2.20. The van der Waals surface area contributed by atoms with Crippen LogP contribution >= 0.6 is 11.3 Å². The fourth-order valence-corrected chi connectivity index (χ4v) is 2.61. The van der Waals surface area contributed by atoms with Crippen LogP contribution in [0.25, 0.3) is 6.08 Å². The highest BCUT2D eigenvalue weighted by molar-refractivity contribution is 7.17. The van der Waals surface area contributed by atoms with Crippen LogP contribution in [0, 0.1) is 0 Å². The average Bonchev–Trinajstić information content (AvgIpc) is 3.08. The van der Waals surface area contributed by atoms with Crippen LogP contribution < -0.4 is 4.90 Å². The zero-order chi connectivity index (χ0) is 16.1. The average molecular weight is 322 g/mol. The van der Waals surface area contributed by atoms with E-state index in [1.54, 1.807) is 6.08 Å². The van der Waals surface area contributed by atoms with Gasteiger partial charge in [-0.05, 0) is 24.6 Å². The van der Waals surface area contributed by atoms with Crippen molar-refractivity contribution in [2.24, 2.45) is 5.16 Å². The number of esters is 1. The van der Waals surface area contributed by atoms with Crippen molar-refractivity contribution in [1.82, 2.24) is 0 Å². The molecule has 0 fully saturated rings. The fourth-order valence-electron chi connectivity index (χ4n) is 1.74. The Morgan fingerprint density at radius 1 is 1.45 bits per heavy atom. The monoisotopic (exact) mass is 322 g/mol. The molecule has 0 bridgehead atoms. The van der Waals surface area contributed by atoms with Crippen molar-refractivity contribution in [3.05, 3.63) is 22.6 Å². The quantitative estimate of drug-likeness (QED) is 0.348. The first kappa shape index (κ1) is 16.2. The number of nitrogens with zero attached hydrogens (tertiary/aromatic N) is 2. The first-order valence-electron chi connectivity index (χ1n) is 6.98. The summed E-state index contributed by atoms with van der Waals surface area (Å²) < 4.78 is 5.08. The van der Waals surface area contributed by atoms with Gasteiger partial charge in [0.2, 0.25) is 5.71 Å². The summed E-state index contributed by atoms with van der Waals surface area (Å²) in [6.07, 6.45) is 3.29. The van der Waals surface area contributed by atoms with Crippen LogP contribution in [-0.2, 0) is 19.2 Å². The summed E-state index contributed by atoms with van der Waals surface area (Å²) in [6.45, 7) is 2.30. The van der Waals surface area contributed by atoms with Gasteiger partial charge in [-0.1, -0.05) is 18.5 Å². The molecule has 0 unspecified atom stereocenters. The van der Waals surface area contributed by atoms with Crippen molar-refractivity contribution in [1.29, 1.82) is 0 Å². The summed E-state index contributed by atoms with van der Waals surface area (Å²) in [7, 11) is 3.87. The summed E-state index contributed by atoms with van der Waals surface area (Å²) in [5.74, 6) is -1.27. The minimum Gasteiger partial charge on any atom is -0.461 e. The second kappa shape index (κ2) is 7.22. The smallest absolute Gasteiger partial charge is 0.368 e. The number of hydrogen-bond acceptors (Lipinski definition) is 7. The standard InChI is InChI=1S/C15H18N2O4S/c1-4-5-8-20-15(19)13-11(14(18)21-16-13)9-10-6-7-12(22-10)17(2)3/h6-7,9H,4-5,8H2,1-3H3/b11-9+. The number of hydrogen-bond donors (Lipinski definition) is 0. The van der Waals surface area contributed by atoms with E-state index in [-0.39, 0.29) is 11.3 Å². The number of unbranched alkanes of at least 4 members (excludes halogenated alkanes) is 1. The first-order valence-corrected chi connectivity index (χ1v) is 7.80. The Hall–Kier alpha value is -2.15. The number of carbonyl (C=O) groups excluding carboxylic acids is 2. The molecule has 0 radical (unpaired) electrons. The van der Waals surface area contributed by atoms with Crippen LogP contribution in [0.15, 0.2) is 22.9 Å². The Kier molecular flexibility index (Phi) is 5.32. The van der Waals surface area contributed by atoms with E-state index in [0.29, 0.717) is 6.61 Å². The van der Waals surface area contributed by atoms with Crippen LogP contribution in [0.2, 0.25) is 0 Å². The summed E-state index contributed by atoms with van der Waals surface area (Å²) in [5, 5.41) is 4.58. The van der Waals surface area contributed by atoms with E-state index in [1.807, 2.05) is 38.1 Å². The van der Waals surface area contributed by atoms with Gasteiger partial charge in [0.25, 0.3) is 0 Å². The SMILES string of the molecule is CCCCOC(=O)C1=NOC(=O)/C1=C/c1ccc(N(C)C)s1. The third-order valence-corrected chi connectivity index (χ3v) is 4.16. The largest absolute Gasteiger partial charge is 0.461 e. The number of rotatable bonds is 6. The molecule has 1 aliphatic rings. The molecule has 1 aromatic heterocycles. The fraction of sp³-hybridized carbons (Fsp3) is 0.400. The van der Waals surface area contributed by atoms with Crippen LogP contribution in [0.3, 0.4) is 0 Å². The Labute approximate surface area is 133 Å². The number of thiophene rings is 1. The van der Waals surface area contributed by atoms with E-state index < -0.39 is 11.9 Å². The topological polar surface area (TPSA) is 68.2 Å². The van der Waals surface area contributed by atoms with Gasteiger partial charge >= 0.3 is 11.9 Å². The highest BCUT2D eigenvalue weighted by Crippen LogP contribution is 2.27. The Morgan fingerprint density at radius 3 is 2.86 bits per heavy atom. The summed E-state index contributed by atoms with van der Waals surface area (Å²) >= 11 is 1.50. The maximum absolute atomic E-state index is 11.9. The maximum atomic E-state index is 11.9. The lowest BCUT2D eigenvalue weighted by atomic mass is 10.1. The van der Waals surface area contributed by atoms with E-state index in [0.717, 1.165) is 22.7 Å². The molecule has 118 valence electrons. The zero-order valence-electron chi connectivity index (χ0n) is 12.8. The molecule has 0 aliphatic carbocycles. The Morgan fingerprint density at radius 2 is 2.23 bits per heavy atom. The molecule has 1 aromatic rings. The van der Waals surface area contributed by atoms with Crippen LogP contribution in [-0.4, -0.2) is 38.4 Å². The zero-order valence-corrected chi connectivity index (χ0v) is 13.6. The molecule has 0 amide bonds. The van der Waals surface area contributed by atoms with Gasteiger partial charge in [0.05, 0.1) is 11.6 Å². The van der Waals surface area contributed by atoms with Crippen molar-refractivity contribution >= 4 is 40.1 Å². The van der Waals surface area contributed by atoms with Gasteiger partial charge in [0, 0.05) is 19.0 Å². The number of oxime groups is 1. The normalized spacial score (nSPS) is 15.7. The molecule has 1 aliphatic heterocycles. The molecule has 0 saturated heterocycles. The van der Waals surface area contributed by atoms with Crippen molar-refractivity contribution < 1.29 is 19.2 Å². The number of anilines is 1. The summed E-state index contributed by atoms with van der Waals surface area (Å²) in [4.78, 5) is 31.1. The van der Waals surface area contributed by atoms with Crippen LogP contribution in [0.4, 0.5) is 5.00 Å². The minimum atomic E-state index is -0.637. The van der Waals surface area contributed by atoms with Crippen molar-refractivity contribution in [2.45, 2.75) is 19.8 Å². The second-order valence-corrected chi connectivity index (χ2v) is 6.03. The number of carbonyl (C=O) groups is 2. The van der Waals surface area contributed by atoms with Gasteiger partial charge in [-0.3, -0.25) is 0 Å². The van der Waals surface area contributed by atoms with E-state index >= 15 is 0 Å². The molecule has 22 heavy (non-hydrogen) atoms. The number of ether oxygens (including phenoxy) is 1. The van der Waals surface area contributed by atoms with Crippen LogP contribution in [0.5, 0.6) is 0 Å². The molecule has 0 N–H and O–H groups in total. The third-order valence-electron chi connectivity index (χ3n) is 2.96. The lowest BCUT2D eigenvalue weighted by Gasteiger charge is -2.06. The molecule has 6 nitrogen and oxygen atoms in total. The maximum Gasteiger partial charge on any atom is 0.368 e. The highest BCUT2D eigenvalue weighted by Gasteiger charge is 2.32. The van der Waals surface area contributed by atoms with E-state index in [2.05, 4.69) is 9.99 Å². The Bertz CT molecular complexity index is 631.